The van der Waals surface area contributed by atoms with Gasteiger partial charge in [0.2, 0.25) is 5.91 Å². The minimum Gasteiger partial charge on any atom is -0.361 e. The topological polar surface area (TPSA) is 58.4 Å². The first-order valence-corrected chi connectivity index (χ1v) is 8.81. The van der Waals surface area contributed by atoms with Crippen LogP contribution in [-0.2, 0) is 4.79 Å². The van der Waals surface area contributed by atoms with Gasteiger partial charge < -0.3 is 14.7 Å². The second-order valence-corrected chi connectivity index (χ2v) is 6.82. The van der Waals surface area contributed by atoms with E-state index < -0.39 is 0 Å². The molecule has 5 heteroatoms. The Labute approximate surface area is 150 Å². The van der Waals surface area contributed by atoms with E-state index >= 15 is 0 Å². The summed E-state index contributed by atoms with van der Waals surface area (Å²) < 4.78 is 5.25. The Hall–Kier alpha value is -2.14. The van der Waals surface area contributed by atoms with Crippen LogP contribution in [0.3, 0.4) is 0 Å². The summed E-state index contributed by atoms with van der Waals surface area (Å²) in [6.45, 7) is 7.82. The van der Waals surface area contributed by atoms with Crippen LogP contribution in [-0.4, -0.2) is 36.1 Å². The number of carbonyl (C=O) groups is 1. The molecule has 0 radical (unpaired) electrons. The maximum Gasteiger partial charge on any atom is 0.228 e. The molecule has 1 heterocycles. The number of nitrogens with zero attached hydrogens (tertiary/aromatic N) is 2. The average Bonchev–Trinajstić information content (AvgIpc) is 2.89. The van der Waals surface area contributed by atoms with Crippen LogP contribution >= 0.6 is 0 Å². The lowest BCUT2D eigenvalue weighted by Gasteiger charge is -2.32. The molecule has 0 saturated carbocycles. The molecule has 5 nitrogen and oxygen atoms in total. The van der Waals surface area contributed by atoms with Crippen molar-refractivity contribution in [1.82, 2.24) is 15.4 Å². The Bertz CT molecular complexity index is 675. The highest BCUT2D eigenvalue weighted by atomic mass is 16.5. The number of aromatic nitrogens is 1. The zero-order chi connectivity index (χ0) is 18.6. The van der Waals surface area contributed by atoms with E-state index in [-0.39, 0.29) is 23.9 Å². The zero-order valence-electron chi connectivity index (χ0n) is 16.0. The van der Waals surface area contributed by atoms with Crippen LogP contribution in [0.2, 0.25) is 0 Å². The van der Waals surface area contributed by atoms with Gasteiger partial charge in [0.05, 0.1) is 17.7 Å². The number of nitrogens with one attached hydrogen (secondary N) is 1. The predicted molar refractivity (Wildman–Crippen MR) is 99.5 cm³/mol. The molecule has 0 fully saturated rings. The lowest BCUT2D eigenvalue weighted by Crippen LogP contribution is -2.44. The number of hydrogen-bond donors (Lipinski definition) is 1. The Morgan fingerprint density at radius 1 is 1.24 bits per heavy atom. The highest BCUT2D eigenvalue weighted by Gasteiger charge is 2.29. The van der Waals surface area contributed by atoms with Gasteiger partial charge in [-0.3, -0.25) is 4.79 Å². The monoisotopic (exact) mass is 343 g/mol. The van der Waals surface area contributed by atoms with Crippen molar-refractivity contribution in [2.75, 3.05) is 14.1 Å². The van der Waals surface area contributed by atoms with E-state index in [1.54, 1.807) is 0 Å². The number of aryl methyl sites for hydroxylation is 2. The molecule has 2 rings (SSSR count). The van der Waals surface area contributed by atoms with Gasteiger partial charge in [-0.15, -0.1) is 0 Å². The molecule has 25 heavy (non-hydrogen) atoms. The molecule has 2 aromatic rings. The summed E-state index contributed by atoms with van der Waals surface area (Å²) in [6, 6.07) is 10.3. The van der Waals surface area contributed by atoms with Crippen LogP contribution in [0.25, 0.3) is 0 Å². The molecule has 136 valence electrons. The van der Waals surface area contributed by atoms with Crippen molar-refractivity contribution in [2.45, 2.75) is 52.1 Å². The number of hydrogen-bond acceptors (Lipinski definition) is 4. The minimum atomic E-state index is -0.243. The first-order valence-electron chi connectivity index (χ1n) is 8.81. The number of carbonyl (C=O) groups excluding carboxylic acids is 1. The Morgan fingerprint density at radius 3 is 2.36 bits per heavy atom. The molecule has 1 aromatic heterocycles. The summed E-state index contributed by atoms with van der Waals surface area (Å²) in [5, 5.41) is 7.20. The molecule has 0 aliphatic carbocycles. The van der Waals surface area contributed by atoms with E-state index in [1.807, 2.05) is 53.1 Å². The fourth-order valence-electron chi connectivity index (χ4n) is 3.60. The van der Waals surface area contributed by atoms with Gasteiger partial charge in [0.15, 0.2) is 0 Å². The van der Waals surface area contributed by atoms with Crippen LogP contribution in [0.15, 0.2) is 34.9 Å². The number of benzene rings is 1. The van der Waals surface area contributed by atoms with Gasteiger partial charge in [-0.05, 0) is 46.9 Å². The second kappa shape index (κ2) is 8.30. The van der Waals surface area contributed by atoms with Crippen LogP contribution in [0.1, 0.15) is 54.8 Å². The molecular weight excluding hydrogens is 314 g/mol. The molecule has 1 amide bonds. The summed E-state index contributed by atoms with van der Waals surface area (Å²) in [5.41, 5.74) is 2.89. The second-order valence-electron chi connectivity index (χ2n) is 6.82. The number of amides is 1. The summed E-state index contributed by atoms with van der Waals surface area (Å²) in [5.74, 6) is 0.499. The third-order valence-electron chi connectivity index (χ3n) is 4.70. The maximum atomic E-state index is 12.9. The molecule has 0 aliphatic rings. The van der Waals surface area contributed by atoms with Gasteiger partial charge in [0, 0.05) is 11.6 Å². The van der Waals surface area contributed by atoms with Crippen LogP contribution in [0.5, 0.6) is 0 Å². The molecule has 0 unspecified atom stereocenters. The van der Waals surface area contributed by atoms with Gasteiger partial charge in [-0.1, -0.05) is 42.4 Å². The highest BCUT2D eigenvalue weighted by molar-refractivity contribution is 5.84. The van der Waals surface area contributed by atoms with E-state index in [4.69, 9.17) is 4.52 Å². The Balaban J connectivity index is 2.19. The molecule has 0 spiro atoms. The molecule has 0 bridgehead atoms. The fraction of sp³-hybridized carbons (Fsp3) is 0.500. The van der Waals surface area contributed by atoms with E-state index in [1.165, 1.54) is 5.56 Å². The van der Waals surface area contributed by atoms with Crippen LogP contribution < -0.4 is 5.32 Å². The standard InChI is InChI=1S/C20H29N3O2/c1-7-17(18-13(2)22-25-15(18)4)20(24)21-14(3)19(23(5)6)16-11-9-8-10-12-16/h8-12,14,17,19H,7H2,1-6H3,(H,21,24)/t14-,17+,19-/m1/s1. The van der Waals surface area contributed by atoms with Crippen molar-refractivity contribution in [2.24, 2.45) is 0 Å². The van der Waals surface area contributed by atoms with Crippen LogP contribution in [0.4, 0.5) is 0 Å². The summed E-state index contributed by atoms with van der Waals surface area (Å²) in [4.78, 5) is 15.1. The summed E-state index contributed by atoms with van der Waals surface area (Å²) in [7, 11) is 4.07. The largest absolute Gasteiger partial charge is 0.361 e. The smallest absolute Gasteiger partial charge is 0.228 e. The van der Waals surface area contributed by atoms with Crippen LogP contribution in [0, 0.1) is 13.8 Å². The van der Waals surface area contributed by atoms with Crippen molar-refractivity contribution in [1.29, 1.82) is 0 Å². The molecule has 0 saturated heterocycles. The van der Waals surface area contributed by atoms with Crippen molar-refractivity contribution >= 4 is 5.91 Å². The van der Waals surface area contributed by atoms with E-state index in [9.17, 15) is 4.79 Å². The molecule has 1 N–H and O–H groups in total. The molecular formula is C20H29N3O2. The van der Waals surface area contributed by atoms with E-state index in [0.29, 0.717) is 6.42 Å². The van der Waals surface area contributed by atoms with E-state index in [2.05, 4.69) is 34.4 Å². The molecule has 1 aromatic carbocycles. The first kappa shape index (κ1) is 19.2. The maximum absolute atomic E-state index is 12.9. The van der Waals surface area contributed by atoms with Crippen molar-refractivity contribution in [3.8, 4) is 0 Å². The van der Waals surface area contributed by atoms with Gasteiger partial charge in [-0.2, -0.15) is 0 Å². The number of rotatable bonds is 7. The lowest BCUT2D eigenvalue weighted by atomic mass is 9.92. The summed E-state index contributed by atoms with van der Waals surface area (Å²) >= 11 is 0. The fourth-order valence-corrected chi connectivity index (χ4v) is 3.60. The Kier molecular flexibility index (Phi) is 6.37. The third-order valence-corrected chi connectivity index (χ3v) is 4.70. The predicted octanol–water partition coefficient (Wildman–Crippen LogP) is 3.59. The SMILES string of the molecule is CC[C@H](C(=O)N[C@H](C)[C@H](c1ccccc1)N(C)C)c1c(C)noc1C. The number of likely N-dealkylation sites (N-methyl/N-ethyl adjacent to an activating group) is 1. The van der Waals surface area contributed by atoms with Gasteiger partial charge in [0.1, 0.15) is 5.76 Å². The summed E-state index contributed by atoms with van der Waals surface area (Å²) in [6.07, 6.45) is 0.708. The van der Waals surface area contributed by atoms with Crippen molar-refractivity contribution < 1.29 is 9.32 Å². The van der Waals surface area contributed by atoms with Gasteiger partial charge in [-0.25, -0.2) is 0 Å². The highest BCUT2D eigenvalue weighted by Crippen LogP contribution is 2.28. The quantitative estimate of drug-likeness (QED) is 0.834. The Morgan fingerprint density at radius 2 is 1.88 bits per heavy atom. The molecule has 3 atom stereocenters. The van der Waals surface area contributed by atoms with E-state index in [0.717, 1.165) is 17.0 Å². The van der Waals surface area contributed by atoms with Crippen molar-refractivity contribution in [3.63, 3.8) is 0 Å². The zero-order valence-corrected chi connectivity index (χ0v) is 16.0. The lowest BCUT2D eigenvalue weighted by molar-refractivity contribution is -0.123. The van der Waals surface area contributed by atoms with Gasteiger partial charge in [0.25, 0.3) is 0 Å². The minimum absolute atomic E-state index is 0.0205. The van der Waals surface area contributed by atoms with Gasteiger partial charge >= 0.3 is 0 Å². The molecule has 0 aliphatic heterocycles. The first-order chi connectivity index (χ1) is 11.9. The average molecular weight is 343 g/mol. The third kappa shape index (κ3) is 4.28. The normalized spacial score (nSPS) is 15.0. The van der Waals surface area contributed by atoms with Crippen molar-refractivity contribution in [3.05, 3.63) is 52.9 Å².